The Morgan fingerprint density at radius 3 is 2.93 bits per heavy atom. The molecule has 1 N–H and O–H groups in total. The molecular formula is C19H21N3O2S3. The third kappa shape index (κ3) is 4.17. The first-order chi connectivity index (χ1) is 12.9. The van der Waals surface area contributed by atoms with Gasteiger partial charge in [-0.05, 0) is 37.8 Å². The maximum absolute atomic E-state index is 13.0. The normalized spacial score (nSPS) is 12.3. The first-order valence-electron chi connectivity index (χ1n) is 8.50. The quantitative estimate of drug-likeness (QED) is 0.355. The molecule has 0 aromatic carbocycles. The molecule has 3 aromatic rings. The van der Waals surface area contributed by atoms with Crippen molar-refractivity contribution in [3.63, 3.8) is 0 Å². The van der Waals surface area contributed by atoms with E-state index in [2.05, 4.69) is 16.9 Å². The Morgan fingerprint density at radius 1 is 1.48 bits per heavy atom. The molecule has 0 aliphatic rings. The summed E-state index contributed by atoms with van der Waals surface area (Å²) >= 11 is 4.42. The van der Waals surface area contributed by atoms with Crippen molar-refractivity contribution in [2.75, 3.05) is 0 Å². The number of nitrogens with one attached hydrogen (secondary N) is 1. The molecule has 0 saturated heterocycles. The van der Waals surface area contributed by atoms with Gasteiger partial charge in [-0.3, -0.25) is 14.2 Å². The number of rotatable bonds is 7. The standard InChI is InChI=1S/C19H21N3O2S3/c1-5-8-22-18(24)15-11(2)12(3)26-17(15)21-19(22)27-13(4)16(23)20-10-14-7-6-9-25-14/h5-7,9,13H,1,8,10H2,2-4H3,(H,20,23)/t13-/m0/s1. The molecule has 5 nitrogen and oxygen atoms in total. The fraction of sp³-hybridized carbons (Fsp3) is 0.316. The summed E-state index contributed by atoms with van der Waals surface area (Å²) in [5.41, 5.74) is 0.902. The molecule has 1 atom stereocenters. The SMILES string of the molecule is C=CCn1c(S[C@@H](C)C(=O)NCc2cccs2)nc2sc(C)c(C)c2c1=O. The summed E-state index contributed by atoms with van der Waals surface area (Å²) in [5, 5.41) is 5.77. The Morgan fingerprint density at radius 2 is 2.26 bits per heavy atom. The second-order valence-electron chi connectivity index (χ2n) is 6.12. The van der Waals surface area contributed by atoms with E-state index in [1.165, 1.54) is 23.1 Å². The molecule has 27 heavy (non-hydrogen) atoms. The highest BCUT2D eigenvalue weighted by atomic mass is 32.2. The van der Waals surface area contributed by atoms with E-state index in [0.717, 1.165) is 20.1 Å². The highest BCUT2D eigenvalue weighted by molar-refractivity contribution is 8.00. The molecule has 142 valence electrons. The van der Waals surface area contributed by atoms with Crippen LogP contribution in [-0.4, -0.2) is 20.7 Å². The van der Waals surface area contributed by atoms with Crippen molar-refractivity contribution in [2.24, 2.45) is 0 Å². The van der Waals surface area contributed by atoms with Crippen molar-refractivity contribution >= 4 is 50.6 Å². The van der Waals surface area contributed by atoms with Gasteiger partial charge in [-0.1, -0.05) is 23.9 Å². The van der Waals surface area contributed by atoms with Gasteiger partial charge in [-0.2, -0.15) is 0 Å². The van der Waals surface area contributed by atoms with Crippen molar-refractivity contribution < 1.29 is 4.79 Å². The van der Waals surface area contributed by atoms with Gasteiger partial charge in [0, 0.05) is 16.3 Å². The lowest BCUT2D eigenvalue weighted by Crippen LogP contribution is -2.31. The maximum Gasteiger partial charge on any atom is 0.263 e. The molecule has 0 radical (unpaired) electrons. The van der Waals surface area contributed by atoms with E-state index in [4.69, 9.17) is 0 Å². The maximum atomic E-state index is 13.0. The van der Waals surface area contributed by atoms with Gasteiger partial charge in [0.2, 0.25) is 5.91 Å². The molecule has 0 aliphatic carbocycles. The number of aromatic nitrogens is 2. The highest BCUT2D eigenvalue weighted by Crippen LogP contribution is 2.29. The fourth-order valence-electron chi connectivity index (χ4n) is 2.63. The molecule has 0 saturated carbocycles. The highest BCUT2D eigenvalue weighted by Gasteiger charge is 2.21. The van der Waals surface area contributed by atoms with E-state index >= 15 is 0 Å². The largest absolute Gasteiger partial charge is 0.350 e. The molecule has 0 bridgehead atoms. The van der Waals surface area contributed by atoms with Crippen LogP contribution < -0.4 is 10.9 Å². The topological polar surface area (TPSA) is 64.0 Å². The number of fused-ring (bicyclic) bond motifs is 1. The minimum absolute atomic E-state index is 0.0737. The zero-order valence-corrected chi connectivity index (χ0v) is 17.9. The van der Waals surface area contributed by atoms with E-state index in [9.17, 15) is 9.59 Å². The van der Waals surface area contributed by atoms with E-state index < -0.39 is 0 Å². The predicted octanol–water partition coefficient (Wildman–Crippen LogP) is 4.12. The van der Waals surface area contributed by atoms with Gasteiger partial charge in [0.1, 0.15) is 4.83 Å². The van der Waals surface area contributed by atoms with E-state index in [-0.39, 0.29) is 16.7 Å². The molecule has 3 heterocycles. The van der Waals surface area contributed by atoms with E-state index in [1.807, 2.05) is 38.3 Å². The minimum atomic E-state index is -0.368. The lowest BCUT2D eigenvalue weighted by atomic mass is 10.2. The van der Waals surface area contributed by atoms with Crippen molar-refractivity contribution in [3.05, 3.63) is 55.8 Å². The third-order valence-corrected chi connectivity index (χ3v) is 7.30. The molecule has 0 aliphatic heterocycles. The monoisotopic (exact) mass is 419 g/mol. The number of nitrogens with zero attached hydrogens (tertiary/aromatic N) is 2. The summed E-state index contributed by atoms with van der Waals surface area (Å²) in [6.07, 6.45) is 1.68. The zero-order valence-electron chi connectivity index (χ0n) is 15.4. The average molecular weight is 420 g/mol. The summed E-state index contributed by atoms with van der Waals surface area (Å²) in [6, 6.07) is 3.95. The van der Waals surface area contributed by atoms with Crippen LogP contribution in [0.15, 0.2) is 40.1 Å². The number of carbonyl (C=O) groups excluding carboxylic acids is 1. The number of amides is 1. The summed E-state index contributed by atoms with van der Waals surface area (Å²) in [7, 11) is 0. The smallest absolute Gasteiger partial charge is 0.263 e. The van der Waals surface area contributed by atoms with E-state index in [0.29, 0.717) is 23.6 Å². The first kappa shape index (κ1) is 19.9. The Bertz CT molecular complexity index is 1030. The number of hydrogen-bond acceptors (Lipinski definition) is 6. The van der Waals surface area contributed by atoms with Crippen LogP contribution in [-0.2, 0) is 17.9 Å². The van der Waals surface area contributed by atoms with Gasteiger partial charge >= 0.3 is 0 Å². The van der Waals surface area contributed by atoms with Gasteiger partial charge < -0.3 is 5.32 Å². The minimum Gasteiger partial charge on any atom is -0.350 e. The molecular weight excluding hydrogens is 398 g/mol. The van der Waals surface area contributed by atoms with Crippen LogP contribution in [0.3, 0.4) is 0 Å². The van der Waals surface area contributed by atoms with Crippen LogP contribution in [0, 0.1) is 13.8 Å². The first-order valence-corrected chi connectivity index (χ1v) is 11.1. The molecule has 3 rings (SSSR count). The number of aryl methyl sites for hydroxylation is 2. The fourth-order valence-corrected chi connectivity index (χ4v) is 5.29. The number of thiophene rings is 2. The lowest BCUT2D eigenvalue weighted by molar-refractivity contribution is -0.120. The average Bonchev–Trinajstić information content (AvgIpc) is 3.24. The molecule has 0 fully saturated rings. The Balaban J connectivity index is 1.86. The van der Waals surface area contributed by atoms with Gasteiger partial charge in [-0.25, -0.2) is 4.98 Å². The van der Waals surface area contributed by atoms with Crippen LogP contribution in [0.2, 0.25) is 0 Å². The van der Waals surface area contributed by atoms with Crippen molar-refractivity contribution in [1.82, 2.24) is 14.9 Å². The number of carbonyl (C=O) groups is 1. The summed E-state index contributed by atoms with van der Waals surface area (Å²) in [5.74, 6) is -0.0774. The number of allylic oxidation sites excluding steroid dienone is 1. The zero-order chi connectivity index (χ0) is 19.6. The number of hydrogen-bond donors (Lipinski definition) is 1. The molecule has 8 heteroatoms. The molecule has 0 spiro atoms. The molecule has 1 amide bonds. The summed E-state index contributed by atoms with van der Waals surface area (Å²) < 4.78 is 1.60. The van der Waals surface area contributed by atoms with Gasteiger partial charge in [-0.15, -0.1) is 29.3 Å². The summed E-state index contributed by atoms with van der Waals surface area (Å²) in [6.45, 7) is 10.4. The number of thioether (sulfide) groups is 1. The molecule has 0 unspecified atom stereocenters. The van der Waals surface area contributed by atoms with Crippen LogP contribution in [0.1, 0.15) is 22.2 Å². The Kier molecular flexibility index (Phi) is 6.18. The van der Waals surface area contributed by atoms with Crippen molar-refractivity contribution in [3.8, 4) is 0 Å². The second kappa shape index (κ2) is 8.41. The van der Waals surface area contributed by atoms with Gasteiger partial charge in [0.25, 0.3) is 5.56 Å². The Hall–Kier alpha value is -1.90. The predicted molar refractivity (Wildman–Crippen MR) is 115 cm³/mol. The molecule has 3 aromatic heterocycles. The van der Waals surface area contributed by atoms with Crippen LogP contribution >= 0.6 is 34.4 Å². The van der Waals surface area contributed by atoms with Crippen LogP contribution in [0.4, 0.5) is 0 Å². The lowest BCUT2D eigenvalue weighted by Gasteiger charge is -2.14. The van der Waals surface area contributed by atoms with E-state index in [1.54, 1.807) is 22.0 Å². The van der Waals surface area contributed by atoms with Crippen LogP contribution in [0.5, 0.6) is 0 Å². The van der Waals surface area contributed by atoms with Crippen LogP contribution in [0.25, 0.3) is 10.2 Å². The third-order valence-electron chi connectivity index (χ3n) is 4.23. The Labute approximate surface area is 170 Å². The van der Waals surface area contributed by atoms with Crippen molar-refractivity contribution in [1.29, 1.82) is 0 Å². The van der Waals surface area contributed by atoms with Gasteiger partial charge in [0.05, 0.1) is 17.2 Å². The van der Waals surface area contributed by atoms with Gasteiger partial charge in [0.15, 0.2) is 5.16 Å². The van der Waals surface area contributed by atoms with Crippen molar-refractivity contribution in [2.45, 2.75) is 44.3 Å². The second-order valence-corrected chi connectivity index (χ2v) is 9.66. The summed E-state index contributed by atoms with van der Waals surface area (Å²) in [4.78, 5) is 33.0.